The van der Waals surface area contributed by atoms with Gasteiger partial charge in [0.05, 0.1) is 17.6 Å². The summed E-state index contributed by atoms with van der Waals surface area (Å²) >= 11 is 0. The van der Waals surface area contributed by atoms with E-state index in [0.29, 0.717) is 0 Å². The zero-order chi connectivity index (χ0) is 15.4. The molecular formula is C15H21N7. The summed E-state index contributed by atoms with van der Waals surface area (Å²) in [7, 11) is 0. The molecule has 7 nitrogen and oxygen atoms in total. The van der Waals surface area contributed by atoms with Gasteiger partial charge in [-0.05, 0) is 44.1 Å². The second-order valence-corrected chi connectivity index (χ2v) is 5.44. The summed E-state index contributed by atoms with van der Waals surface area (Å²) in [4.78, 5) is 10.7. The number of nitrogens with two attached hydrogens (primary N) is 2. The number of aromatic nitrogens is 4. The van der Waals surface area contributed by atoms with Crippen LogP contribution < -0.4 is 11.5 Å². The number of hydrogen-bond donors (Lipinski definition) is 2. The first-order chi connectivity index (χ1) is 10.7. The van der Waals surface area contributed by atoms with Crippen LogP contribution in [0, 0.1) is 0 Å². The molecule has 1 aliphatic heterocycles. The highest BCUT2D eigenvalue weighted by Gasteiger charge is 2.08. The van der Waals surface area contributed by atoms with Gasteiger partial charge in [-0.2, -0.15) is 9.67 Å². The Hall–Kier alpha value is -2.41. The zero-order valence-electron chi connectivity index (χ0n) is 12.5. The predicted molar refractivity (Wildman–Crippen MR) is 87.3 cm³/mol. The summed E-state index contributed by atoms with van der Waals surface area (Å²) in [6, 6.07) is 3.83. The largest absolute Gasteiger partial charge is 0.368 e. The Morgan fingerprint density at radius 3 is 2.59 bits per heavy atom. The molecule has 0 spiro atoms. The normalized spacial score (nSPS) is 16.4. The fourth-order valence-corrected chi connectivity index (χ4v) is 2.62. The average Bonchev–Trinajstić information content (AvgIpc) is 2.88. The molecule has 4 N–H and O–H groups in total. The molecule has 0 aliphatic carbocycles. The predicted octanol–water partition coefficient (Wildman–Crippen LogP) is 1.33. The van der Waals surface area contributed by atoms with Crippen LogP contribution in [0.5, 0.6) is 0 Å². The van der Waals surface area contributed by atoms with Gasteiger partial charge in [-0.25, -0.2) is 0 Å². The van der Waals surface area contributed by atoms with Crippen molar-refractivity contribution in [2.75, 3.05) is 31.1 Å². The molecule has 3 rings (SSSR count). The lowest BCUT2D eigenvalue weighted by molar-refractivity contribution is 0.252. The maximum absolute atomic E-state index is 5.74. The third kappa shape index (κ3) is 3.43. The molecule has 0 saturated carbocycles. The Balaban J connectivity index is 1.62. The average molecular weight is 299 g/mol. The molecular weight excluding hydrogens is 278 g/mol. The van der Waals surface area contributed by atoms with Crippen molar-refractivity contribution in [3.05, 3.63) is 30.1 Å². The van der Waals surface area contributed by atoms with Gasteiger partial charge in [-0.3, -0.25) is 9.88 Å². The number of nitrogen functional groups attached to an aromatic ring is 2. The smallest absolute Gasteiger partial charge is 0.241 e. The number of piperidine rings is 1. The molecule has 2 aromatic heterocycles. The van der Waals surface area contributed by atoms with Crippen LogP contribution in [-0.4, -0.2) is 44.3 Å². The molecule has 0 radical (unpaired) electrons. The molecule has 1 aliphatic rings. The van der Waals surface area contributed by atoms with Crippen molar-refractivity contribution >= 4 is 18.0 Å². The Kier molecular flexibility index (Phi) is 4.34. The highest BCUT2D eigenvalue weighted by molar-refractivity contribution is 5.47. The SMILES string of the molecule is Nc1nc(N)n(-c2ccc(C=CCN3CCCCC3)nc2)n1. The maximum Gasteiger partial charge on any atom is 0.241 e. The van der Waals surface area contributed by atoms with E-state index in [1.54, 1.807) is 6.20 Å². The second-order valence-electron chi connectivity index (χ2n) is 5.44. The summed E-state index contributed by atoms with van der Waals surface area (Å²) in [6.07, 6.45) is 9.89. The summed E-state index contributed by atoms with van der Waals surface area (Å²) in [6.45, 7) is 3.38. The Morgan fingerprint density at radius 1 is 1.14 bits per heavy atom. The Morgan fingerprint density at radius 2 is 1.95 bits per heavy atom. The van der Waals surface area contributed by atoms with Crippen molar-refractivity contribution in [2.45, 2.75) is 19.3 Å². The number of likely N-dealkylation sites (tertiary alicyclic amines) is 1. The third-order valence-corrected chi connectivity index (χ3v) is 3.76. The van der Waals surface area contributed by atoms with E-state index in [4.69, 9.17) is 11.5 Å². The first-order valence-corrected chi connectivity index (χ1v) is 7.56. The lowest BCUT2D eigenvalue weighted by Gasteiger charge is -2.24. The van der Waals surface area contributed by atoms with Crippen molar-refractivity contribution in [2.24, 2.45) is 0 Å². The maximum atomic E-state index is 5.74. The van der Waals surface area contributed by atoms with E-state index in [2.05, 4.69) is 26.0 Å². The van der Waals surface area contributed by atoms with Gasteiger partial charge in [-0.15, -0.1) is 5.10 Å². The van der Waals surface area contributed by atoms with Crippen molar-refractivity contribution in [3.63, 3.8) is 0 Å². The quantitative estimate of drug-likeness (QED) is 0.883. The molecule has 3 heterocycles. The molecule has 22 heavy (non-hydrogen) atoms. The summed E-state index contributed by atoms with van der Waals surface area (Å²) in [5.41, 5.74) is 12.9. The van der Waals surface area contributed by atoms with Crippen LogP contribution in [0.4, 0.5) is 11.9 Å². The first kappa shape index (κ1) is 14.5. The molecule has 0 unspecified atom stereocenters. The summed E-state index contributed by atoms with van der Waals surface area (Å²) < 4.78 is 1.48. The van der Waals surface area contributed by atoms with Crippen molar-refractivity contribution in [1.82, 2.24) is 24.6 Å². The van der Waals surface area contributed by atoms with Crippen LogP contribution in [0.3, 0.4) is 0 Å². The molecule has 0 atom stereocenters. The highest BCUT2D eigenvalue weighted by atomic mass is 15.4. The first-order valence-electron chi connectivity index (χ1n) is 7.56. The van der Waals surface area contributed by atoms with E-state index < -0.39 is 0 Å². The molecule has 7 heteroatoms. The minimum absolute atomic E-state index is 0.156. The Labute approximate surface area is 129 Å². The fraction of sp³-hybridized carbons (Fsp3) is 0.400. The summed E-state index contributed by atoms with van der Waals surface area (Å²) in [5.74, 6) is 0.413. The van der Waals surface area contributed by atoms with Gasteiger partial charge in [0, 0.05) is 6.54 Å². The summed E-state index contributed by atoms with van der Waals surface area (Å²) in [5, 5.41) is 4.03. The zero-order valence-corrected chi connectivity index (χ0v) is 12.5. The lowest BCUT2D eigenvalue weighted by Crippen LogP contribution is -2.29. The number of pyridine rings is 1. The lowest BCUT2D eigenvalue weighted by atomic mass is 10.1. The number of hydrogen-bond acceptors (Lipinski definition) is 6. The van der Waals surface area contributed by atoms with Gasteiger partial charge in [-0.1, -0.05) is 12.5 Å². The van der Waals surface area contributed by atoms with E-state index in [1.165, 1.54) is 37.0 Å². The van der Waals surface area contributed by atoms with Crippen molar-refractivity contribution < 1.29 is 0 Å². The van der Waals surface area contributed by atoms with Gasteiger partial charge >= 0.3 is 0 Å². The molecule has 1 fully saturated rings. The van der Waals surface area contributed by atoms with Crippen LogP contribution >= 0.6 is 0 Å². The van der Waals surface area contributed by atoms with E-state index in [-0.39, 0.29) is 11.9 Å². The minimum atomic E-state index is 0.156. The van der Waals surface area contributed by atoms with Crippen LogP contribution in [0.25, 0.3) is 11.8 Å². The highest BCUT2D eigenvalue weighted by Crippen LogP contribution is 2.12. The molecule has 116 valence electrons. The number of anilines is 2. The van der Waals surface area contributed by atoms with E-state index in [9.17, 15) is 0 Å². The minimum Gasteiger partial charge on any atom is -0.368 e. The number of rotatable bonds is 4. The van der Waals surface area contributed by atoms with E-state index in [0.717, 1.165) is 17.9 Å². The Bertz CT molecular complexity index is 638. The van der Waals surface area contributed by atoms with Crippen LogP contribution in [-0.2, 0) is 0 Å². The van der Waals surface area contributed by atoms with Gasteiger partial charge < -0.3 is 11.5 Å². The fourth-order valence-electron chi connectivity index (χ4n) is 2.62. The van der Waals surface area contributed by atoms with Crippen LogP contribution in [0.15, 0.2) is 24.4 Å². The topological polar surface area (TPSA) is 98.9 Å². The van der Waals surface area contributed by atoms with E-state index in [1.807, 2.05) is 18.2 Å². The molecule has 0 amide bonds. The van der Waals surface area contributed by atoms with Gasteiger partial charge in [0.2, 0.25) is 11.9 Å². The monoisotopic (exact) mass is 299 g/mol. The van der Waals surface area contributed by atoms with Crippen molar-refractivity contribution in [1.29, 1.82) is 0 Å². The standard InChI is InChI=1S/C15H21N7/c16-14-19-15(17)22(20-14)13-7-6-12(18-11-13)5-4-10-21-8-2-1-3-9-21/h4-7,11H,1-3,8-10H2,(H4,16,17,19,20). The third-order valence-electron chi connectivity index (χ3n) is 3.76. The van der Waals surface area contributed by atoms with E-state index >= 15 is 0 Å². The number of nitrogens with zero attached hydrogens (tertiary/aromatic N) is 5. The molecule has 0 aromatic carbocycles. The van der Waals surface area contributed by atoms with Gasteiger partial charge in [0.25, 0.3) is 0 Å². The van der Waals surface area contributed by atoms with Crippen LogP contribution in [0.1, 0.15) is 25.0 Å². The van der Waals surface area contributed by atoms with Gasteiger partial charge in [0.15, 0.2) is 0 Å². The second kappa shape index (κ2) is 6.57. The molecule has 0 bridgehead atoms. The van der Waals surface area contributed by atoms with Gasteiger partial charge in [0.1, 0.15) is 0 Å². The van der Waals surface area contributed by atoms with Crippen LogP contribution in [0.2, 0.25) is 0 Å². The van der Waals surface area contributed by atoms with Crippen molar-refractivity contribution in [3.8, 4) is 5.69 Å². The molecule has 2 aromatic rings. The molecule has 1 saturated heterocycles.